The number of Topliss-reactive ketones (excluding diaryl/α,β-unsaturated/α-hetero) is 1. The Morgan fingerprint density at radius 2 is 2.00 bits per heavy atom. The molecule has 150 valence electrons. The quantitative estimate of drug-likeness (QED) is 0.464. The van der Waals surface area contributed by atoms with Gasteiger partial charge in [0.2, 0.25) is 0 Å². The molecule has 1 unspecified atom stereocenters. The van der Waals surface area contributed by atoms with E-state index in [4.69, 9.17) is 16.3 Å². The number of ketones is 1. The van der Waals surface area contributed by atoms with Crippen molar-refractivity contribution >= 4 is 29.1 Å². The lowest BCUT2D eigenvalue weighted by Crippen LogP contribution is -2.37. The molecule has 6 nitrogen and oxygen atoms in total. The summed E-state index contributed by atoms with van der Waals surface area (Å²) < 4.78 is 5.22. The largest absolute Gasteiger partial charge is 0.507 e. The van der Waals surface area contributed by atoms with Crippen LogP contribution in [0.25, 0.3) is 5.76 Å². The van der Waals surface area contributed by atoms with Crippen LogP contribution in [-0.4, -0.2) is 39.8 Å². The summed E-state index contributed by atoms with van der Waals surface area (Å²) in [5, 5.41) is 11.5. The topological polar surface area (TPSA) is 79.7 Å². The molecule has 1 amide bonds. The summed E-state index contributed by atoms with van der Waals surface area (Å²) in [5.74, 6) is -1.13. The minimum absolute atomic E-state index is 0.0262. The number of likely N-dealkylation sites (tertiary alicyclic amines) is 1. The van der Waals surface area contributed by atoms with Crippen molar-refractivity contribution < 1.29 is 19.4 Å². The normalized spacial score (nSPS) is 21.7. The summed E-state index contributed by atoms with van der Waals surface area (Å²) in [6.45, 7) is 0. The average Bonchev–Trinajstić information content (AvgIpc) is 3.35. The summed E-state index contributed by atoms with van der Waals surface area (Å²) >= 11 is 6.09. The van der Waals surface area contributed by atoms with E-state index in [2.05, 4.69) is 4.98 Å². The van der Waals surface area contributed by atoms with Crippen molar-refractivity contribution in [3.8, 4) is 5.75 Å². The number of aliphatic hydroxyl groups is 1. The van der Waals surface area contributed by atoms with Crippen LogP contribution in [-0.2, 0) is 9.59 Å². The minimum Gasteiger partial charge on any atom is -0.507 e. The van der Waals surface area contributed by atoms with Crippen LogP contribution in [0.5, 0.6) is 5.75 Å². The average molecular weight is 413 g/mol. The van der Waals surface area contributed by atoms with Crippen molar-refractivity contribution in [1.82, 2.24) is 9.88 Å². The fourth-order valence-electron chi connectivity index (χ4n) is 4.24. The molecule has 1 aliphatic carbocycles. The van der Waals surface area contributed by atoms with E-state index in [0.29, 0.717) is 21.9 Å². The predicted octanol–water partition coefficient (Wildman–Crippen LogP) is 4.11. The number of aromatic nitrogens is 1. The zero-order chi connectivity index (χ0) is 20.5. The summed E-state index contributed by atoms with van der Waals surface area (Å²) in [4.78, 5) is 31.8. The van der Waals surface area contributed by atoms with Gasteiger partial charge in [0.05, 0.1) is 23.7 Å². The summed E-state index contributed by atoms with van der Waals surface area (Å²) in [6.07, 6.45) is 6.99. The van der Waals surface area contributed by atoms with Gasteiger partial charge in [0.15, 0.2) is 0 Å². The number of methoxy groups -OCH3 is 1. The number of hydrogen-bond acceptors (Lipinski definition) is 5. The molecule has 2 heterocycles. The van der Waals surface area contributed by atoms with Gasteiger partial charge in [-0.25, -0.2) is 0 Å². The molecule has 29 heavy (non-hydrogen) atoms. The summed E-state index contributed by atoms with van der Waals surface area (Å²) in [6, 6.07) is 7.62. The number of rotatable bonds is 4. The molecule has 1 aromatic heterocycles. The van der Waals surface area contributed by atoms with Crippen molar-refractivity contribution in [2.45, 2.75) is 37.8 Å². The molecule has 1 N–H and O–H groups in total. The SMILES string of the molecule is COc1cc(/C(O)=C2/C(=O)C(=O)N(C3CCCC3)C2c2cccnc2)ccc1Cl. The van der Waals surface area contributed by atoms with E-state index in [0.717, 1.165) is 25.7 Å². The third kappa shape index (κ3) is 3.38. The Hall–Kier alpha value is -2.86. The number of amides is 1. The van der Waals surface area contributed by atoms with Crippen LogP contribution >= 0.6 is 11.6 Å². The van der Waals surface area contributed by atoms with Gasteiger partial charge in [-0.2, -0.15) is 0 Å². The molecule has 4 rings (SSSR count). The summed E-state index contributed by atoms with van der Waals surface area (Å²) in [7, 11) is 1.47. The maximum atomic E-state index is 13.0. The maximum Gasteiger partial charge on any atom is 0.295 e. The number of benzene rings is 1. The van der Waals surface area contributed by atoms with Gasteiger partial charge in [-0.05, 0) is 42.7 Å². The molecule has 1 saturated heterocycles. The second kappa shape index (κ2) is 7.87. The number of aliphatic hydroxyl groups excluding tert-OH is 1. The van der Waals surface area contributed by atoms with Gasteiger partial charge in [-0.3, -0.25) is 14.6 Å². The van der Waals surface area contributed by atoms with Gasteiger partial charge in [0.1, 0.15) is 11.5 Å². The monoisotopic (exact) mass is 412 g/mol. The van der Waals surface area contributed by atoms with Gasteiger partial charge in [-0.15, -0.1) is 0 Å². The van der Waals surface area contributed by atoms with Crippen LogP contribution in [0.4, 0.5) is 0 Å². The van der Waals surface area contributed by atoms with Gasteiger partial charge in [-0.1, -0.05) is 30.5 Å². The van der Waals surface area contributed by atoms with E-state index in [-0.39, 0.29) is 17.4 Å². The highest BCUT2D eigenvalue weighted by molar-refractivity contribution is 6.46. The van der Waals surface area contributed by atoms with Crippen molar-refractivity contribution in [2.75, 3.05) is 7.11 Å². The number of carbonyl (C=O) groups excluding carboxylic acids is 2. The summed E-state index contributed by atoms with van der Waals surface area (Å²) in [5.41, 5.74) is 1.13. The number of carbonyl (C=O) groups is 2. The minimum atomic E-state index is -0.683. The molecular weight excluding hydrogens is 392 g/mol. The van der Waals surface area contributed by atoms with Crippen molar-refractivity contribution in [2.24, 2.45) is 0 Å². The van der Waals surface area contributed by atoms with Crippen LogP contribution in [0.2, 0.25) is 5.02 Å². The molecule has 1 aliphatic heterocycles. The molecule has 0 bridgehead atoms. The fraction of sp³-hybridized carbons (Fsp3) is 0.318. The van der Waals surface area contributed by atoms with Crippen LogP contribution < -0.4 is 4.74 Å². The lowest BCUT2D eigenvalue weighted by atomic mass is 9.95. The van der Waals surface area contributed by atoms with Gasteiger partial charge in [0.25, 0.3) is 11.7 Å². The van der Waals surface area contributed by atoms with E-state index in [9.17, 15) is 14.7 Å². The molecule has 7 heteroatoms. The lowest BCUT2D eigenvalue weighted by Gasteiger charge is -2.30. The van der Waals surface area contributed by atoms with Crippen LogP contribution in [0.1, 0.15) is 42.9 Å². The van der Waals surface area contributed by atoms with Crippen LogP contribution in [0.3, 0.4) is 0 Å². The number of nitrogens with zero attached hydrogens (tertiary/aromatic N) is 2. The highest BCUT2D eigenvalue weighted by atomic mass is 35.5. The third-order valence-electron chi connectivity index (χ3n) is 5.62. The van der Waals surface area contributed by atoms with Crippen molar-refractivity contribution in [3.05, 3.63) is 64.4 Å². The fourth-order valence-corrected chi connectivity index (χ4v) is 4.43. The van der Waals surface area contributed by atoms with E-state index < -0.39 is 17.7 Å². The number of ether oxygens (including phenoxy) is 1. The second-order valence-electron chi connectivity index (χ2n) is 7.28. The van der Waals surface area contributed by atoms with E-state index >= 15 is 0 Å². The van der Waals surface area contributed by atoms with E-state index in [1.807, 2.05) is 6.07 Å². The zero-order valence-electron chi connectivity index (χ0n) is 16.0. The van der Waals surface area contributed by atoms with Crippen molar-refractivity contribution in [3.63, 3.8) is 0 Å². The van der Waals surface area contributed by atoms with Crippen LogP contribution in [0.15, 0.2) is 48.3 Å². The van der Waals surface area contributed by atoms with Gasteiger partial charge < -0.3 is 14.7 Å². The number of halogens is 1. The molecule has 2 aliphatic rings. The Morgan fingerprint density at radius 1 is 1.24 bits per heavy atom. The standard InChI is InChI=1S/C22H21ClN2O4/c1-29-17-11-13(8-9-16(17)23)20(26)18-19(14-5-4-10-24-12-14)25(22(28)21(18)27)15-6-2-3-7-15/h4-5,8-12,15,19,26H,2-3,6-7H2,1H3/b20-18-. The van der Waals surface area contributed by atoms with Crippen LogP contribution in [0, 0.1) is 0 Å². The molecular formula is C22H21ClN2O4. The first-order valence-corrected chi connectivity index (χ1v) is 9.94. The van der Waals surface area contributed by atoms with E-state index in [1.165, 1.54) is 7.11 Å². The Kier molecular flexibility index (Phi) is 5.28. The molecule has 1 aromatic carbocycles. The molecule has 0 spiro atoms. The molecule has 2 fully saturated rings. The molecule has 1 saturated carbocycles. The van der Waals surface area contributed by atoms with Gasteiger partial charge in [0, 0.05) is 24.0 Å². The first-order chi connectivity index (χ1) is 14.0. The zero-order valence-corrected chi connectivity index (χ0v) is 16.7. The van der Waals surface area contributed by atoms with Crippen molar-refractivity contribution in [1.29, 1.82) is 0 Å². The third-order valence-corrected chi connectivity index (χ3v) is 5.94. The Bertz CT molecular complexity index is 984. The highest BCUT2D eigenvalue weighted by Gasteiger charge is 2.49. The highest BCUT2D eigenvalue weighted by Crippen LogP contribution is 2.43. The first-order valence-electron chi connectivity index (χ1n) is 9.57. The molecule has 2 aromatic rings. The first kappa shape index (κ1) is 19.5. The number of hydrogen-bond donors (Lipinski definition) is 1. The van der Waals surface area contributed by atoms with E-state index in [1.54, 1.807) is 41.6 Å². The Morgan fingerprint density at radius 3 is 2.66 bits per heavy atom. The van der Waals surface area contributed by atoms with Gasteiger partial charge >= 0.3 is 0 Å². The molecule has 1 atom stereocenters. The Balaban J connectivity index is 1.88. The smallest absolute Gasteiger partial charge is 0.295 e. The maximum absolute atomic E-state index is 13.0. The number of pyridine rings is 1. The molecule has 0 radical (unpaired) electrons. The lowest BCUT2D eigenvalue weighted by molar-refractivity contribution is -0.141. The Labute approximate surface area is 173 Å². The predicted molar refractivity (Wildman–Crippen MR) is 109 cm³/mol. The second-order valence-corrected chi connectivity index (χ2v) is 7.69.